The van der Waals surface area contributed by atoms with Crippen LogP contribution >= 0.6 is 0 Å². The second-order valence-electron chi connectivity index (χ2n) is 2.64. The molecule has 14 heavy (non-hydrogen) atoms. The fourth-order valence-corrected chi connectivity index (χ4v) is 0.990. The maximum Gasteiger partial charge on any atom is 0.307 e. The van der Waals surface area contributed by atoms with Crippen LogP contribution in [0.25, 0.3) is 0 Å². The van der Waals surface area contributed by atoms with Crippen molar-refractivity contribution < 1.29 is 19.9 Å². The summed E-state index contributed by atoms with van der Waals surface area (Å²) in [5, 5.41) is 27.9. The van der Waals surface area contributed by atoms with E-state index in [-0.39, 0.29) is 17.0 Å². The van der Waals surface area contributed by atoms with Crippen molar-refractivity contribution in [2.45, 2.75) is 6.42 Å². The predicted molar refractivity (Wildman–Crippen MR) is 46.1 cm³/mol. The monoisotopic (exact) mass is 197 g/mol. The Balaban J connectivity index is 3.08. The number of phenols is 1. The zero-order valence-electron chi connectivity index (χ0n) is 7.01. The van der Waals surface area contributed by atoms with Gasteiger partial charge in [-0.3, -0.25) is 14.9 Å². The van der Waals surface area contributed by atoms with Crippen LogP contribution in [0.3, 0.4) is 0 Å². The molecule has 0 saturated heterocycles. The Morgan fingerprint density at radius 2 is 2.14 bits per heavy atom. The van der Waals surface area contributed by atoms with E-state index in [0.29, 0.717) is 0 Å². The summed E-state index contributed by atoms with van der Waals surface area (Å²) in [5.41, 5.74) is -0.203. The van der Waals surface area contributed by atoms with Crippen molar-refractivity contribution in [2.75, 3.05) is 0 Å². The van der Waals surface area contributed by atoms with Crippen molar-refractivity contribution in [2.24, 2.45) is 0 Å². The molecule has 74 valence electrons. The maximum atomic E-state index is 10.3. The molecule has 0 spiro atoms. The Morgan fingerprint density at radius 3 is 2.64 bits per heavy atom. The lowest BCUT2D eigenvalue weighted by Crippen LogP contribution is -2.01. The lowest BCUT2D eigenvalue weighted by Gasteiger charge is -2.00. The van der Waals surface area contributed by atoms with Gasteiger partial charge in [-0.2, -0.15) is 0 Å². The van der Waals surface area contributed by atoms with Gasteiger partial charge in [-0.25, -0.2) is 0 Å². The zero-order chi connectivity index (χ0) is 10.7. The number of aliphatic carboxylic acids is 1. The average Bonchev–Trinajstić information content (AvgIpc) is 2.07. The van der Waals surface area contributed by atoms with Crippen LogP contribution in [-0.2, 0) is 11.2 Å². The molecule has 6 nitrogen and oxygen atoms in total. The average molecular weight is 197 g/mol. The number of nitro groups is 1. The van der Waals surface area contributed by atoms with E-state index in [0.717, 1.165) is 18.2 Å². The van der Waals surface area contributed by atoms with E-state index in [4.69, 9.17) is 5.11 Å². The van der Waals surface area contributed by atoms with Gasteiger partial charge in [-0.05, 0) is 6.07 Å². The number of carbonyl (C=O) groups is 1. The Labute approximate surface area is 78.6 Å². The van der Waals surface area contributed by atoms with Crippen molar-refractivity contribution in [3.8, 4) is 5.75 Å². The number of carboxylic acids is 1. The molecule has 0 aliphatic heterocycles. The molecule has 0 atom stereocenters. The highest BCUT2D eigenvalue weighted by Gasteiger charge is 2.12. The van der Waals surface area contributed by atoms with Crippen LogP contribution in [0.5, 0.6) is 5.75 Å². The first kappa shape index (κ1) is 9.97. The van der Waals surface area contributed by atoms with Crippen LogP contribution in [0, 0.1) is 10.1 Å². The third-order valence-electron chi connectivity index (χ3n) is 1.62. The summed E-state index contributed by atoms with van der Waals surface area (Å²) < 4.78 is 0. The Bertz CT molecular complexity index is 387. The number of nitrogens with zero attached hydrogens (tertiary/aromatic N) is 1. The number of hydrogen-bond acceptors (Lipinski definition) is 4. The van der Waals surface area contributed by atoms with Crippen molar-refractivity contribution in [1.29, 1.82) is 0 Å². The normalized spacial score (nSPS) is 9.71. The molecule has 0 aliphatic rings. The zero-order valence-corrected chi connectivity index (χ0v) is 7.01. The lowest BCUT2D eigenvalue weighted by atomic mass is 10.1. The van der Waals surface area contributed by atoms with Crippen molar-refractivity contribution >= 4 is 11.7 Å². The number of hydrogen-bond donors (Lipinski definition) is 2. The number of aromatic hydroxyl groups is 1. The van der Waals surface area contributed by atoms with Crippen LogP contribution in [0.4, 0.5) is 5.69 Å². The van der Waals surface area contributed by atoms with Gasteiger partial charge in [0.1, 0.15) is 5.75 Å². The quantitative estimate of drug-likeness (QED) is 0.554. The smallest absolute Gasteiger partial charge is 0.307 e. The highest BCUT2D eigenvalue weighted by molar-refractivity contribution is 5.71. The molecular weight excluding hydrogens is 190 g/mol. The largest absolute Gasteiger partial charge is 0.508 e. The van der Waals surface area contributed by atoms with E-state index in [1.165, 1.54) is 0 Å². The maximum absolute atomic E-state index is 10.3. The molecular formula is C8H7NO5. The first-order valence-corrected chi connectivity index (χ1v) is 3.69. The van der Waals surface area contributed by atoms with E-state index in [1.54, 1.807) is 0 Å². The van der Waals surface area contributed by atoms with Crippen molar-refractivity contribution in [1.82, 2.24) is 0 Å². The number of benzene rings is 1. The van der Waals surface area contributed by atoms with E-state index in [9.17, 15) is 20.0 Å². The molecule has 0 bridgehead atoms. The minimum atomic E-state index is -1.15. The van der Waals surface area contributed by atoms with Crippen molar-refractivity contribution in [3.63, 3.8) is 0 Å². The fraction of sp³-hybridized carbons (Fsp3) is 0.125. The lowest BCUT2D eigenvalue weighted by molar-refractivity contribution is -0.384. The molecule has 0 fully saturated rings. The summed E-state index contributed by atoms with van der Waals surface area (Å²) in [6.07, 6.45) is -0.437. The van der Waals surface area contributed by atoms with E-state index >= 15 is 0 Å². The van der Waals surface area contributed by atoms with Gasteiger partial charge in [-0.15, -0.1) is 0 Å². The molecule has 2 N–H and O–H groups in total. The second kappa shape index (κ2) is 3.73. The Hall–Kier alpha value is -2.11. The van der Waals surface area contributed by atoms with Crippen LogP contribution < -0.4 is 0 Å². The van der Waals surface area contributed by atoms with Gasteiger partial charge in [0.25, 0.3) is 5.69 Å². The molecule has 1 aromatic carbocycles. The standard InChI is InChI=1S/C8H7NO5/c10-7-2-1-6(9(13)14)3-5(7)4-8(11)12/h1-3,10H,4H2,(H,11,12). The summed E-state index contributed by atoms with van der Waals surface area (Å²) >= 11 is 0. The third-order valence-corrected chi connectivity index (χ3v) is 1.62. The van der Waals surface area contributed by atoms with Crippen LogP contribution in [-0.4, -0.2) is 21.1 Å². The first-order valence-electron chi connectivity index (χ1n) is 3.69. The molecule has 0 aliphatic carbocycles. The van der Waals surface area contributed by atoms with Gasteiger partial charge in [0, 0.05) is 17.7 Å². The summed E-state index contributed by atoms with van der Waals surface area (Å²) in [6, 6.07) is 3.26. The first-order chi connectivity index (χ1) is 6.50. The van der Waals surface area contributed by atoms with Gasteiger partial charge in [-0.1, -0.05) is 0 Å². The highest BCUT2D eigenvalue weighted by Crippen LogP contribution is 2.23. The van der Waals surface area contributed by atoms with Crippen molar-refractivity contribution in [3.05, 3.63) is 33.9 Å². The molecule has 1 rings (SSSR count). The highest BCUT2D eigenvalue weighted by atomic mass is 16.6. The number of phenolic OH excluding ortho intramolecular Hbond substituents is 1. The summed E-state index contributed by atoms with van der Waals surface area (Å²) in [5.74, 6) is -1.40. The Morgan fingerprint density at radius 1 is 1.50 bits per heavy atom. The summed E-state index contributed by atoms with van der Waals surface area (Å²) in [4.78, 5) is 20.0. The SMILES string of the molecule is O=C(O)Cc1cc([N+](=O)[O-])ccc1O. The number of non-ortho nitro benzene ring substituents is 1. The van der Waals surface area contributed by atoms with E-state index in [1.807, 2.05) is 0 Å². The Kier molecular flexibility index (Phi) is 2.66. The van der Waals surface area contributed by atoms with Gasteiger partial charge >= 0.3 is 5.97 Å². The number of rotatable bonds is 3. The molecule has 0 aromatic heterocycles. The second-order valence-corrected chi connectivity index (χ2v) is 2.64. The third kappa shape index (κ3) is 2.19. The molecule has 0 unspecified atom stereocenters. The van der Waals surface area contributed by atoms with Gasteiger partial charge in [0.05, 0.1) is 11.3 Å². The molecule has 6 heteroatoms. The minimum absolute atomic E-state index is 0.0340. The summed E-state index contributed by atoms with van der Waals surface area (Å²) in [6.45, 7) is 0. The fourth-order valence-electron chi connectivity index (χ4n) is 0.990. The predicted octanol–water partition coefficient (Wildman–Crippen LogP) is 0.927. The molecule has 0 heterocycles. The minimum Gasteiger partial charge on any atom is -0.508 e. The number of nitro benzene ring substituents is 1. The van der Waals surface area contributed by atoms with Crippen LogP contribution in [0.15, 0.2) is 18.2 Å². The van der Waals surface area contributed by atoms with E-state index in [2.05, 4.69) is 0 Å². The van der Waals surface area contributed by atoms with Crippen LogP contribution in [0.1, 0.15) is 5.56 Å². The summed E-state index contributed by atoms with van der Waals surface area (Å²) in [7, 11) is 0. The molecule has 1 aromatic rings. The number of carboxylic acid groups (broad SMARTS) is 1. The van der Waals surface area contributed by atoms with Gasteiger partial charge in [0.15, 0.2) is 0 Å². The molecule has 0 amide bonds. The van der Waals surface area contributed by atoms with Gasteiger partial charge in [0.2, 0.25) is 0 Å². The molecule has 0 saturated carbocycles. The van der Waals surface area contributed by atoms with Gasteiger partial charge < -0.3 is 10.2 Å². The van der Waals surface area contributed by atoms with Crippen LogP contribution in [0.2, 0.25) is 0 Å². The van der Waals surface area contributed by atoms with E-state index < -0.39 is 17.3 Å². The molecule has 0 radical (unpaired) electrons. The topological polar surface area (TPSA) is 101 Å².